The first-order chi connectivity index (χ1) is 12.1. The molecule has 3 aromatic carbocycles. The van der Waals surface area contributed by atoms with E-state index >= 15 is 0 Å². The zero-order chi connectivity index (χ0) is 17.7. The van der Waals surface area contributed by atoms with Gasteiger partial charge in [-0.25, -0.2) is 8.42 Å². The Labute approximate surface area is 147 Å². The molecule has 3 rings (SSSR count). The molecule has 0 atom stereocenters. The minimum Gasteiger partial charge on any atom is -0.289 e. The molecule has 0 aliphatic carbocycles. The maximum absolute atomic E-state index is 12.3. The van der Waals surface area contributed by atoms with Crippen molar-refractivity contribution in [3.8, 4) is 0 Å². The van der Waals surface area contributed by atoms with Crippen molar-refractivity contribution in [1.82, 2.24) is 0 Å². The van der Waals surface area contributed by atoms with Crippen LogP contribution in [0.3, 0.4) is 0 Å². The smallest absolute Gasteiger partial charge is 0.199 e. The average molecular weight is 348 g/mol. The molecule has 0 aliphatic rings. The number of rotatable bonds is 5. The van der Waals surface area contributed by atoms with Gasteiger partial charge in [-0.05, 0) is 23.8 Å². The lowest BCUT2D eigenvalue weighted by atomic mass is 10.0. The average Bonchev–Trinajstić information content (AvgIpc) is 2.68. The Morgan fingerprint density at radius 2 is 1.20 bits per heavy atom. The second-order valence-corrected chi connectivity index (χ2v) is 7.31. The maximum atomic E-state index is 12.3. The van der Waals surface area contributed by atoms with E-state index in [9.17, 15) is 13.2 Å². The molecule has 0 spiro atoms. The van der Waals surface area contributed by atoms with Gasteiger partial charge in [-0.3, -0.25) is 4.79 Å². The fraction of sp³-hybridized carbons (Fsp3) is 0. The lowest BCUT2D eigenvalue weighted by Crippen LogP contribution is -2.00. The summed E-state index contributed by atoms with van der Waals surface area (Å²) >= 11 is 0. The van der Waals surface area contributed by atoms with Crippen molar-refractivity contribution in [3.05, 3.63) is 107 Å². The van der Waals surface area contributed by atoms with Crippen LogP contribution in [-0.2, 0) is 9.84 Å². The zero-order valence-electron chi connectivity index (χ0n) is 13.4. The van der Waals surface area contributed by atoms with Crippen molar-refractivity contribution in [3.63, 3.8) is 0 Å². The molecule has 0 saturated heterocycles. The first-order valence-electron chi connectivity index (χ1n) is 7.74. The van der Waals surface area contributed by atoms with Gasteiger partial charge < -0.3 is 0 Å². The number of hydrogen-bond donors (Lipinski definition) is 0. The highest BCUT2D eigenvalue weighted by atomic mass is 32.2. The normalized spacial score (nSPS) is 11.5. The Bertz CT molecular complexity index is 988. The molecule has 0 fully saturated rings. The van der Waals surface area contributed by atoms with E-state index in [0.717, 1.165) is 0 Å². The van der Waals surface area contributed by atoms with Gasteiger partial charge in [-0.2, -0.15) is 0 Å². The van der Waals surface area contributed by atoms with Gasteiger partial charge >= 0.3 is 0 Å². The summed E-state index contributed by atoms with van der Waals surface area (Å²) in [6, 6.07) is 24.1. The third-order valence-corrected chi connectivity index (χ3v) is 5.14. The Kier molecular flexibility index (Phi) is 4.91. The van der Waals surface area contributed by atoms with Gasteiger partial charge in [0.25, 0.3) is 0 Å². The van der Waals surface area contributed by atoms with Crippen molar-refractivity contribution in [2.24, 2.45) is 0 Å². The molecule has 0 aliphatic heterocycles. The Balaban J connectivity index is 1.78. The third-order valence-electron chi connectivity index (χ3n) is 3.72. The Morgan fingerprint density at radius 3 is 1.80 bits per heavy atom. The molecule has 4 heteroatoms. The molecule has 124 valence electrons. The minimum absolute atomic E-state index is 0.0620. The molecular formula is C21H16O3S. The van der Waals surface area contributed by atoms with Crippen LogP contribution in [0.4, 0.5) is 0 Å². The van der Waals surface area contributed by atoms with E-state index in [4.69, 9.17) is 0 Å². The van der Waals surface area contributed by atoms with E-state index in [0.29, 0.717) is 16.7 Å². The first-order valence-corrected chi connectivity index (χ1v) is 9.29. The van der Waals surface area contributed by atoms with Crippen molar-refractivity contribution in [1.29, 1.82) is 0 Å². The lowest BCUT2D eigenvalue weighted by molar-refractivity contribution is 0.103. The second-order valence-electron chi connectivity index (χ2n) is 5.48. The molecule has 0 bridgehead atoms. The van der Waals surface area contributed by atoms with E-state index in [1.54, 1.807) is 66.7 Å². The summed E-state index contributed by atoms with van der Waals surface area (Å²) < 4.78 is 24.4. The van der Waals surface area contributed by atoms with Gasteiger partial charge in [0.05, 0.1) is 4.90 Å². The molecule has 0 saturated carbocycles. The maximum Gasteiger partial charge on any atom is 0.199 e. The van der Waals surface area contributed by atoms with Gasteiger partial charge in [0, 0.05) is 16.5 Å². The van der Waals surface area contributed by atoms with Gasteiger partial charge in [-0.1, -0.05) is 72.8 Å². The van der Waals surface area contributed by atoms with Crippen molar-refractivity contribution in [2.75, 3.05) is 0 Å². The van der Waals surface area contributed by atoms with Crippen molar-refractivity contribution in [2.45, 2.75) is 4.90 Å². The van der Waals surface area contributed by atoms with Crippen molar-refractivity contribution < 1.29 is 13.2 Å². The summed E-state index contributed by atoms with van der Waals surface area (Å²) in [5.41, 5.74) is 1.90. The second kappa shape index (κ2) is 7.28. The Morgan fingerprint density at radius 1 is 0.680 bits per heavy atom. The monoisotopic (exact) mass is 348 g/mol. The summed E-state index contributed by atoms with van der Waals surface area (Å²) in [5.74, 6) is -0.0620. The summed E-state index contributed by atoms with van der Waals surface area (Å²) in [7, 11) is -3.48. The Hall–Kier alpha value is -2.98. The van der Waals surface area contributed by atoms with Gasteiger partial charge in [0.15, 0.2) is 15.6 Å². The number of ketones is 1. The SMILES string of the molecule is O=C(c1ccccc1)c1ccc(/C=C/S(=O)(=O)c2ccccc2)cc1. The summed E-state index contributed by atoms with van der Waals surface area (Å²) in [4.78, 5) is 12.6. The van der Waals surface area contributed by atoms with Crippen LogP contribution in [0.25, 0.3) is 6.08 Å². The van der Waals surface area contributed by atoms with Crippen LogP contribution in [0.2, 0.25) is 0 Å². The number of hydrogen-bond acceptors (Lipinski definition) is 3. The number of sulfone groups is 1. The zero-order valence-corrected chi connectivity index (χ0v) is 14.2. The molecule has 0 amide bonds. The summed E-state index contributed by atoms with van der Waals surface area (Å²) in [6.45, 7) is 0. The van der Waals surface area contributed by atoms with Crippen LogP contribution >= 0.6 is 0 Å². The van der Waals surface area contributed by atoms with Crippen molar-refractivity contribution >= 4 is 21.7 Å². The van der Waals surface area contributed by atoms with E-state index in [2.05, 4.69) is 0 Å². The van der Waals surface area contributed by atoms with E-state index in [1.165, 1.54) is 11.5 Å². The lowest BCUT2D eigenvalue weighted by Gasteiger charge is -2.02. The van der Waals surface area contributed by atoms with Crippen LogP contribution in [-0.4, -0.2) is 14.2 Å². The minimum atomic E-state index is -3.48. The van der Waals surface area contributed by atoms with E-state index in [-0.39, 0.29) is 10.7 Å². The number of carbonyl (C=O) groups is 1. The fourth-order valence-corrected chi connectivity index (χ4v) is 3.39. The van der Waals surface area contributed by atoms with Gasteiger partial charge in [-0.15, -0.1) is 0 Å². The van der Waals surface area contributed by atoms with Crippen LogP contribution in [0.15, 0.2) is 95.2 Å². The highest BCUT2D eigenvalue weighted by molar-refractivity contribution is 7.94. The molecule has 0 unspecified atom stereocenters. The summed E-state index contributed by atoms with van der Waals surface area (Å²) in [5, 5.41) is 1.18. The van der Waals surface area contributed by atoms with Gasteiger partial charge in [0.1, 0.15) is 0 Å². The molecule has 0 aromatic heterocycles. The standard InChI is InChI=1S/C21H16O3S/c22-21(18-7-3-1-4-8-18)19-13-11-17(12-14-19)15-16-25(23,24)20-9-5-2-6-10-20/h1-16H/b16-15+. The highest BCUT2D eigenvalue weighted by Crippen LogP contribution is 2.15. The van der Waals surface area contributed by atoms with Crippen LogP contribution < -0.4 is 0 Å². The molecule has 0 N–H and O–H groups in total. The molecule has 25 heavy (non-hydrogen) atoms. The highest BCUT2D eigenvalue weighted by Gasteiger charge is 2.10. The third kappa shape index (κ3) is 4.11. The molecular weight excluding hydrogens is 332 g/mol. The largest absolute Gasteiger partial charge is 0.289 e. The topological polar surface area (TPSA) is 51.2 Å². The number of benzene rings is 3. The predicted molar refractivity (Wildman–Crippen MR) is 99.0 cm³/mol. The first kappa shape index (κ1) is 16.9. The summed E-state index contributed by atoms with van der Waals surface area (Å²) in [6.07, 6.45) is 1.53. The van der Waals surface area contributed by atoms with E-state index < -0.39 is 9.84 Å². The quantitative estimate of drug-likeness (QED) is 0.644. The molecule has 0 radical (unpaired) electrons. The molecule has 3 nitrogen and oxygen atoms in total. The predicted octanol–water partition coefficient (Wildman–Crippen LogP) is 4.36. The molecule has 3 aromatic rings. The van der Waals surface area contributed by atoms with Crippen LogP contribution in [0.1, 0.15) is 21.5 Å². The van der Waals surface area contributed by atoms with Crippen LogP contribution in [0.5, 0.6) is 0 Å². The van der Waals surface area contributed by atoms with E-state index in [1.807, 2.05) is 18.2 Å². The van der Waals surface area contributed by atoms with Gasteiger partial charge in [0.2, 0.25) is 0 Å². The number of carbonyl (C=O) groups excluding carboxylic acids is 1. The fourth-order valence-electron chi connectivity index (χ4n) is 2.36. The van der Waals surface area contributed by atoms with Crippen LogP contribution in [0, 0.1) is 0 Å². The molecule has 0 heterocycles.